The molecule has 2 N–H and O–H groups in total. The summed E-state index contributed by atoms with van der Waals surface area (Å²) in [7, 11) is 0. The van der Waals surface area contributed by atoms with Crippen LogP contribution >= 0.6 is 0 Å². The highest BCUT2D eigenvalue weighted by atomic mass is 15.0. The number of hydrogen-bond acceptors (Lipinski definition) is 4. The van der Waals surface area contributed by atoms with Crippen LogP contribution in [0, 0.1) is 19.8 Å². The molecule has 0 aliphatic carbocycles. The van der Waals surface area contributed by atoms with E-state index in [1.165, 1.54) is 25.9 Å². The van der Waals surface area contributed by atoms with Gasteiger partial charge in [0, 0.05) is 6.54 Å². The molecule has 4 heteroatoms. The highest BCUT2D eigenvalue weighted by Crippen LogP contribution is 2.12. The fraction of sp³-hybridized carbons (Fsp3) is 0.667. The van der Waals surface area contributed by atoms with Gasteiger partial charge >= 0.3 is 0 Å². The first kappa shape index (κ1) is 11.3. The van der Waals surface area contributed by atoms with Gasteiger partial charge in [-0.3, -0.25) is 4.98 Å². The van der Waals surface area contributed by atoms with Crippen molar-refractivity contribution in [3.8, 4) is 0 Å². The Morgan fingerprint density at radius 2 is 2.31 bits per heavy atom. The molecule has 1 unspecified atom stereocenters. The van der Waals surface area contributed by atoms with Crippen LogP contribution in [0.2, 0.25) is 0 Å². The molecule has 88 valence electrons. The molecule has 0 saturated carbocycles. The van der Waals surface area contributed by atoms with E-state index in [2.05, 4.69) is 20.6 Å². The normalized spacial score (nSPS) is 20.0. The molecule has 1 fully saturated rings. The number of nitrogens with one attached hydrogen (secondary N) is 2. The van der Waals surface area contributed by atoms with Gasteiger partial charge in [0.15, 0.2) is 0 Å². The van der Waals surface area contributed by atoms with Crippen molar-refractivity contribution < 1.29 is 0 Å². The van der Waals surface area contributed by atoms with Gasteiger partial charge in [-0.25, -0.2) is 4.98 Å². The predicted octanol–water partition coefficient (Wildman–Crippen LogP) is 1.50. The Kier molecular flexibility index (Phi) is 3.72. The van der Waals surface area contributed by atoms with Crippen LogP contribution in [0.25, 0.3) is 0 Å². The number of anilines is 1. The maximum atomic E-state index is 4.45. The van der Waals surface area contributed by atoms with Crippen LogP contribution in [0.1, 0.15) is 24.2 Å². The Bertz CT molecular complexity index is 345. The predicted molar refractivity (Wildman–Crippen MR) is 65.6 cm³/mol. The Morgan fingerprint density at radius 1 is 1.44 bits per heavy atom. The largest absolute Gasteiger partial charge is 0.369 e. The van der Waals surface area contributed by atoms with Crippen molar-refractivity contribution in [1.29, 1.82) is 0 Å². The average Bonchev–Trinajstić information content (AvgIpc) is 2.76. The van der Waals surface area contributed by atoms with E-state index in [-0.39, 0.29) is 0 Å². The van der Waals surface area contributed by atoms with E-state index in [0.717, 1.165) is 29.7 Å². The molecule has 4 nitrogen and oxygen atoms in total. The second kappa shape index (κ2) is 5.25. The van der Waals surface area contributed by atoms with E-state index >= 15 is 0 Å². The van der Waals surface area contributed by atoms with E-state index in [1.807, 2.05) is 20.0 Å². The lowest BCUT2D eigenvalue weighted by molar-refractivity contribution is 0.549. The lowest BCUT2D eigenvalue weighted by Crippen LogP contribution is -2.13. The number of rotatable bonds is 4. The molecule has 0 aromatic carbocycles. The fourth-order valence-electron chi connectivity index (χ4n) is 1.99. The Balaban J connectivity index is 1.78. The SMILES string of the molecule is Cc1ncc(NCCC2CCNC2)nc1C. The van der Waals surface area contributed by atoms with Gasteiger partial charge < -0.3 is 10.6 Å². The van der Waals surface area contributed by atoms with E-state index in [9.17, 15) is 0 Å². The summed E-state index contributed by atoms with van der Waals surface area (Å²) >= 11 is 0. The third-order valence-electron chi connectivity index (χ3n) is 3.21. The van der Waals surface area contributed by atoms with Crippen molar-refractivity contribution in [2.75, 3.05) is 25.0 Å². The van der Waals surface area contributed by atoms with Crippen molar-refractivity contribution >= 4 is 5.82 Å². The summed E-state index contributed by atoms with van der Waals surface area (Å²) in [6.45, 7) is 7.31. The summed E-state index contributed by atoms with van der Waals surface area (Å²) < 4.78 is 0. The minimum absolute atomic E-state index is 0.826. The summed E-state index contributed by atoms with van der Waals surface area (Å²) in [4.78, 5) is 8.74. The first-order valence-electron chi connectivity index (χ1n) is 6.00. The molecule has 1 aromatic rings. The summed E-state index contributed by atoms with van der Waals surface area (Å²) in [5.74, 6) is 1.72. The molecule has 0 radical (unpaired) electrons. The van der Waals surface area contributed by atoms with Gasteiger partial charge in [-0.2, -0.15) is 0 Å². The van der Waals surface area contributed by atoms with E-state index in [1.54, 1.807) is 0 Å². The molecule has 0 amide bonds. The Morgan fingerprint density at radius 3 is 3.00 bits per heavy atom. The van der Waals surface area contributed by atoms with Gasteiger partial charge in [0.1, 0.15) is 5.82 Å². The van der Waals surface area contributed by atoms with Crippen LogP contribution in [0.5, 0.6) is 0 Å². The zero-order valence-corrected chi connectivity index (χ0v) is 10.1. The molecule has 0 spiro atoms. The zero-order chi connectivity index (χ0) is 11.4. The van der Waals surface area contributed by atoms with Crippen molar-refractivity contribution in [3.63, 3.8) is 0 Å². The minimum atomic E-state index is 0.826. The lowest BCUT2D eigenvalue weighted by Gasteiger charge is -2.10. The molecule has 0 bridgehead atoms. The Hall–Kier alpha value is -1.16. The number of aryl methyl sites for hydroxylation is 2. The second-order valence-electron chi connectivity index (χ2n) is 4.50. The van der Waals surface area contributed by atoms with Gasteiger partial charge in [-0.1, -0.05) is 0 Å². The molecule has 16 heavy (non-hydrogen) atoms. The van der Waals surface area contributed by atoms with Crippen LogP contribution in [0.3, 0.4) is 0 Å². The van der Waals surface area contributed by atoms with Crippen LogP contribution in [-0.4, -0.2) is 29.6 Å². The van der Waals surface area contributed by atoms with Crippen LogP contribution in [0.15, 0.2) is 6.20 Å². The molecule has 1 aliphatic heterocycles. The monoisotopic (exact) mass is 220 g/mol. The first-order chi connectivity index (χ1) is 7.75. The summed E-state index contributed by atoms with van der Waals surface area (Å²) in [6.07, 6.45) is 4.33. The van der Waals surface area contributed by atoms with Crippen molar-refractivity contribution in [2.45, 2.75) is 26.7 Å². The summed E-state index contributed by atoms with van der Waals surface area (Å²) in [6, 6.07) is 0. The number of hydrogen-bond donors (Lipinski definition) is 2. The molecule has 1 saturated heterocycles. The topological polar surface area (TPSA) is 49.8 Å². The molecule has 1 atom stereocenters. The quantitative estimate of drug-likeness (QED) is 0.807. The highest BCUT2D eigenvalue weighted by Gasteiger charge is 2.13. The first-order valence-corrected chi connectivity index (χ1v) is 6.00. The molecule has 1 aromatic heterocycles. The number of nitrogens with zero attached hydrogens (tertiary/aromatic N) is 2. The van der Waals surface area contributed by atoms with Crippen molar-refractivity contribution in [1.82, 2.24) is 15.3 Å². The fourth-order valence-corrected chi connectivity index (χ4v) is 1.99. The Labute approximate surface area is 96.9 Å². The summed E-state index contributed by atoms with van der Waals surface area (Å²) in [5, 5.41) is 6.72. The molecular formula is C12H20N4. The zero-order valence-electron chi connectivity index (χ0n) is 10.1. The maximum Gasteiger partial charge on any atom is 0.144 e. The third kappa shape index (κ3) is 2.92. The lowest BCUT2D eigenvalue weighted by atomic mass is 10.1. The second-order valence-corrected chi connectivity index (χ2v) is 4.50. The van der Waals surface area contributed by atoms with Crippen LogP contribution in [0.4, 0.5) is 5.82 Å². The van der Waals surface area contributed by atoms with Crippen LogP contribution < -0.4 is 10.6 Å². The highest BCUT2D eigenvalue weighted by molar-refractivity contribution is 5.33. The third-order valence-corrected chi connectivity index (χ3v) is 3.21. The molecule has 1 aliphatic rings. The van der Waals surface area contributed by atoms with E-state index in [4.69, 9.17) is 0 Å². The van der Waals surface area contributed by atoms with Gasteiger partial charge in [-0.15, -0.1) is 0 Å². The molecule has 2 rings (SSSR count). The number of aromatic nitrogens is 2. The summed E-state index contributed by atoms with van der Waals surface area (Å²) in [5.41, 5.74) is 2.01. The van der Waals surface area contributed by atoms with Crippen LogP contribution in [-0.2, 0) is 0 Å². The molecule has 2 heterocycles. The maximum absolute atomic E-state index is 4.45. The minimum Gasteiger partial charge on any atom is -0.369 e. The van der Waals surface area contributed by atoms with Gasteiger partial charge in [0.2, 0.25) is 0 Å². The van der Waals surface area contributed by atoms with Gasteiger partial charge in [0.05, 0.1) is 17.6 Å². The van der Waals surface area contributed by atoms with Crippen molar-refractivity contribution in [2.24, 2.45) is 5.92 Å². The van der Waals surface area contributed by atoms with Gasteiger partial charge in [0.25, 0.3) is 0 Å². The standard InChI is InChI=1S/C12H20N4/c1-9-10(2)16-12(8-15-9)14-6-4-11-3-5-13-7-11/h8,11,13H,3-7H2,1-2H3,(H,14,16). The van der Waals surface area contributed by atoms with Gasteiger partial charge in [-0.05, 0) is 45.7 Å². The van der Waals surface area contributed by atoms with Crippen molar-refractivity contribution in [3.05, 3.63) is 17.6 Å². The van der Waals surface area contributed by atoms with E-state index < -0.39 is 0 Å². The molecular weight excluding hydrogens is 200 g/mol. The smallest absolute Gasteiger partial charge is 0.144 e. The average molecular weight is 220 g/mol. The van der Waals surface area contributed by atoms with E-state index in [0.29, 0.717) is 0 Å².